The first-order valence-corrected chi connectivity index (χ1v) is 9.17. The lowest BCUT2D eigenvalue weighted by atomic mass is 9.90. The van der Waals surface area contributed by atoms with E-state index in [-0.39, 0.29) is 11.2 Å². The second kappa shape index (κ2) is 6.52. The Morgan fingerprint density at radius 3 is 2.62 bits per heavy atom. The molecule has 0 radical (unpaired) electrons. The van der Waals surface area contributed by atoms with Gasteiger partial charge in [0.2, 0.25) is 0 Å². The van der Waals surface area contributed by atoms with Crippen LogP contribution in [0.3, 0.4) is 0 Å². The van der Waals surface area contributed by atoms with Gasteiger partial charge in [0.25, 0.3) is 5.91 Å². The zero-order chi connectivity index (χ0) is 17.5. The molecule has 2 aliphatic heterocycles. The molecule has 2 saturated heterocycles. The molecule has 1 aromatic heterocycles. The van der Waals surface area contributed by atoms with Crippen LogP contribution in [0, 0.1) is 0 Å². The summed E-state index contributed by atoms with van der Waals surface area (Å²) in [4.78, 5) is 16.6. The molecular weight excluding hydrogens is 302 g/mol. The van der Waals surface area contributed by atoms with E-state index in [2.05, 4.69) is 37.5 Å². The standard InChI is InChI=1S/C19H31N3O2/c1-13-7-5-6-8-22(13)15-11-21(12-15)10-14-9-16(18(20)23)24-17(14)19(2,3)4/h9,13,15H,5-8,10-12H2,1-4H3,(H2,20,23)/t13-/m0/s1. The van der Waals surface area contributed by atoms with Crippen molar-refractivity contribution in [2.45, 2.75) is 71.0 Å². The molecule has 0 spiro atoms. The summed E-state index contributed by atoms with van der Waals surface area (Å²) in [6.07, 6.45) is 4.03. The fourth-order valence-electron chi connectivity index (χ4n) is 4.09. The average Bonchev–Trinajstić information content (AvgIpc) is 2.88. The van der Waals surface area contributed by atoms with Crippen molar-refractivity contribution in [3.63, 3.8) is 0 Å². The smallest absolute Gasteiger partial charge is 0.284 e. The van der Waals surface area contributed by atoms with E-state index >= 15 is 0 Å². The van der Waals surface area contributed by atoms with Crippen molar-refractivity contribution < 1.29 is 9.21 Å². The Hall–Kier alpha value is -1.33. The van der Waals surface area contributed by atoms with E-state index in [0.717, 1.165) is 31.0 Å². The maximum atomic E-state index is 11.5. The van der Waals surface area contributed by atoms with Gasteiger partial charge in [-0.3, -0.25) is 14.6 Å². The Morgan fingerprint density at radius 1 is 1.33 bits per heavy atom. The van der Waals surface area contributed by atoms with Gasteiger partial charge in [-0.15, -0.1) is 0 Å². The van der Waals surface area contributed by atoms with E-state index in [1.165, 1.54) is 25.8 Å². The summed E-state index contributed by atoms with van der Waals surface area (Å²) in [7, 11) is 0. The third-order valence-electron chi connectivity index (χ3n) is 5.39. The minimum absolute atomic E-state index is 0.130. The summed E-state index contributed by atoms with van der Waals surface area (Å²) < 4.78 is 5.76. The summed E-state index contributed by atoms with van der Waals surface area (Å²) in [5.74, 6) is 0.665. The van der Waals surface area contributed by atoms with Crippen molar-refractivity contribution in [2.24, 2.45) is 5.73 Å². The molecule has 5 nitrogen and oxygen atoms in total. The van der Waals surface area contributed by atoms with Crippen molar-refractivity contribution in [3.8, 4) is 0 Å². The summed E-state index contributed by atoms with van der Waals surface area (Å²) in [6, 6.07) is 3.23. The molecule has 3 rings (SSSR count). The Morgan fingerprint density at radius 2 is 2.04 bits per heavy atom. The Kier molecular flexibility index (Phi) is 4.76. The predicted molar refractivity (Wildman–Crippen MR) is 95.0 cm³/mol. The van der Waals surface area contributed by atoms with Crippen LogP contribution in [-0.4, -0.2) is 47.4 Å². The molecule has 2 N–H and O–H groups in total. The highest BCUT2D eigenvalue weighted by molar-refractivity contribution is 5.90. The fourth-order valence-corrected chi connectivity index (χ4v) is 4.09. The molecule has 1 atom stereocenters. The van der Waals surface area contributed by atoms with Crippen LogP contribution in [0.4, 0.5) is 0 Å². The van der Waals surface area contributed by atoms with Crippen molar-refractivity contribution in [3.05, 3.63) is 23.2 Å². The number of hydrogen-bond acceptors (Lipinski definition) is 4. The average molecular weight is 333 g/mol. The van der Waals surface area contributed by atoms with E-state index < -0.39 is 5.91 Å². The molecule has 134 valence electrons. The van der Waals surface area contributed by atoms with Crippen LogP contribution in [0.5, 0.6) is 0 Å². The predicted octanol–water partition coefficient (Wildman–Crippen LogP) is 2.73. The zero-order valence-corrected chi connectivity index (χ0v) is 15.5. The number of nitrogens with two attached hydrogens (primary N) is 1. The van der Waals surface area contributed by atoms with Crippen molar-refractivity contribution in [1.82, 2.24) is 9.80 Å². The third kappa shape index (κ3) is 3.52. The van der Waals surface area contributed by atoms with E-state index in [0.29, 0.717) is 12.1 Å². The largest absolute Gasteiger partial charge is 0.455 e. The SMILES string of the molecule is C[C@H]1CCCCN1C1CN(Cc2cc(C(N)=O)oc2C(C)(C)C)C1. The van der Waals surface area contributed by atoms with Gasteiger partial charge in [0, 0.05) is 42.7 Å². The third-order valence-corrected chi connectivity index (χ3v) is 5.39. The molecule has 0 aliphatic carbocycles. The number of furan rings is 1. The van der Waals surface area contributed by atoms with Crippen LogP contribution in [-0.2, 0) is 12.0 Å². The number of primary amides is 1. The van der Waals surface area contributed by atoms with E-state index in [9.17, 15) is 4.79 Å². The number of carbonyl (C=O) groups excluding carboxylic acids is 1. The van der Waals surface area contributed by atoms with E-state index in [1.54, 1.807) is 0 Å². The van der Waals surface area contributed by atoms with E-state index in [1.807, 2.05) is 6.07 Å². The molecule has 2 fully saturated rings. The Balaban J connectivity index is 1.64. The molecule has 2 aliphatic rings. The minimum atomic E-state index is -0.490. The van der Waals surface area contributed by atoms with E-state index in [4.69, 9.17) is 10.2 Å². The summed E-state index contributed by atoms with van der Waals surface area (Å²) in [5, 5.41) is 0. The molecule has 24 heavy (non-hydrogen) atoms. The van der Waals surface area contributed by atoms with Crippen molar-refractivity contribution in [1.29, 1.82) is 0 Å². The number of likely N-dealkylation sites (tertiary alicyclic amines) is 2. The maximum absolute atomic E-state index is 11.5. The quantitative estimate of drug-likeness (QED) is 0.920. The first kappa shape index (κ1) is 17.5. The number of amides is 1. The van der Waals surface area contributed by atoms with Gasteiger partial charge in [-0.05, 0) is 32.4 Å². The number of piperidine rings is 1. The molecular formula is C19H31N3O2. The molecule has 0 aromatic carbocycles. The molecule has 3 heterocycles. The maximum Gasteiger partial charge on any atom is 0.284 e. The molecule has 5 heteroatoms. The number of rotatable bonds is 4. The van der Waals surface area contributed by atoms with Gasteiger partial charge in [0.15, 0.2) is 5.76 Å². The first-order valence-electron chi connectivity index (χ1n) is 9.17. The molecule has 1 aromatic rings. The van der Waals surface area contributed by atoms with Gasteiger partial charge < -0.3 is 10.2 Å². The first-order chi connectivity index (χ1) is 11.3. The fraction of sp³-hybridized carbons (Fsp3) is 0.737. The van der Waals surface area contributed by atoms with Crippen LogP contribution in [0.2, 0.25) is 0 Å². The Labute approximate surface area is 145 Å². The second-order valence-corrected chi connectivity index (χ2v) is 8.51. The van der Waals surface area contributed by atoms with Crippen LogP contribution < -0.4 is 5.73 Å². The van der Waals surface area contributed by atoms with Gasteiger partial charge in [-0.1, -0.05) is 27.2 Å². The molecule has 0 bridgehead atoms. The monoisotopic (exact) mass is 333 g/mol. The molecule has 0 unspecified atom stereocenters. The number of carbonyl (C=O) groups is 1. The number of hydrogen-bond donors (Lipinski definition) is 1. The summed E-state index contributed by atoms with van der Waals surface area (Å²) in [5.41, 5.74) is 6.37. The molecule has 0 saturated carbocycles. The number of nitrogens with zero attached hydrogens (tertiary/aromatic N) is 2. The highest BCUT2D eigenvalue weighted by Crippen LogP contribution is 2.32. The van der Waals surface area contributed by atoms with Crippen LogP contribution in [0.1, 0.15) is 68.8 Å². The van der Waals surface area contributed by atoms with Gasteiger partial charge in [0.1, 0.15) is 5.76 Å². The summed E-state index contributed by atoms with van der Waals surface area (Å²) in [6.45, 7) is 13.0. The van der Waals surface area contributed by atoms with Gasteiger partial charge in [-0.2, -0.15) is 0 Å². The van der Waals surface area contributed by atoms with Gasteiger partial charge >= 0.3 is 0 Å². The zero-order valence-electron chi connectivity index (χ0n) is 15.5. The highest BCUT2D eigenvalue weighted by atomic mass is 16.4. The normalized spacial score (nSPS) is 24.1. The molecule has 1 amide bonds. The van der Waals surface area contributed by atoms with Gasteiger partial charge in [-0.25, -0.2) is 0 Å². The lowest BCUT2D eigenvalue weighted by molar-refractivity contribution is -0.00654. The highest BCUT2D eigenvalue weighted by Gasteiger charge is 2.36. The van der Waals surface area contributed by atoms with Crippen LogP contribution in [0.15, 0.2) is 10.5 Å². The van der Waals surface area contributed by atoms with Crippen LogP contribution in [0.25, 0.3) is 0 Å². The van der Waals surface area contributed by atoms with Crippen molar-refractivity contribution >= 4 is 5.91 Å². The topological polar surface area (TPSA) is 62.7 Å². The van der Waals surface area contributed by atoms with Gasteiger partial charge in [0.05, 0.1) is 0 Å². The lowest BCUT2D eigenvalue weighted by Crippen LogP contribution is -2.61. The summed E-state index contributed by atoms with van der Waals surface area (Å²) >= 11 is 0. The van der Waals surface area contributed by atoms with Crippen LogP contribution >= 0.6 is 0 Å². The van der Waals surface area contributed by atoms with Crippen molar-refractivity contribution in [2.75, 3.05) is 19.6 Å². The lowest BCUT2D eigenvalue weighted by Gasteiger charge is -2.49. The second-order valence-electron chi connectivity index (χ2n) is 8.51. The minimum Gasteiger partial charge on any atom is -0.455 e. The Bertz CT molecular complexity index is 596.